The average molecular weight is 372 g/mol. The van der Waals surface area contributed by atoms with Gasteiger partial charge in [-0.2, -0.15) is 0 Å². The Labute approximate surface area is 153 Å². The zero-order valence-corrected chi connectivity index (χ0v) is 14.1. The van der Waals surface area contributed by atoms with Crippen molar-refractivity contribution in [3.05, 3.63) is 75.1 Å². The van der Waals surface area contributed by atoms with Crippen molar-refractivity contribution in [2.75, 3.05) is 0 Å². The summed E-state index contributed by atoms with van der Waals surface area (Å²) < 4.78 is 27.1. The quantitative estimate of drug-likeness (QED) is 0.449. The van der Waals surface area contributed by atoms with E-state index in [0.717, 1.165) is 5.56 Å². The van der Waals surface area contributed by atoms with E-state index in [4.69, 9.17) is 14.0 Å². The molecule has 0 aromatic heterocycles. The van der Waals surface area contributed by atoms with Crippen LogP contribution in [-0.2, 0) is 46.2 Å². The van der Waals surface area contributed by atoms with Gasteiger partial charge < -0.3 is 14.6 Å². The van der Waals surface area contributed by atoms with Crippen molar-refractivity contribution in [2.24, 2.45) is 0 Å². The van der Waals surface area contributed by atoms with E-state index in [0.29, 0.717) is 0 Å². The molecule has 1 N–H and O–H groups in total. The van der Waals surface area contributed by atoms with Gasteiger partial charge in [-0.15, -0.1) is 0 Å². The molecule has 0 aliphatic heterocycles. The van der Waals surface area contributed by atoms with Gasteiger partial charge in [0.05, 0.1) is 11.7 Å². The van der Waals surface area contributed by atoms with E-state index in [2.05, 4.69) is 24.7 Å². The van der Waals surface area contributed by atoms with Gasteiger partial charge in [0.2, 0.25) is 0 Å². The number of hydrogen-bond acceptors (Lipinski definition) is 3. The van der Waals surface area contributed by atoms with Crippen molar-refractivity contribution in [1.29, 1.82) is 0 Å². The number of benzene rings is 1. The average Bonchev–Trinajstić information content (AvgIpc) is 2.61. The molecule has 0 fully saturated rings. The van der Waals surface area contributed by atoms with Gasteiger partial charge in [-0.05, 0) is 25.8 Å². The van der Waals surface area contributed by atoms with Gasteiger partial charge in [-0.25, -0.2) is 0 Å². The second kappa shape index (κ2) is 21.4. The van der Waals surface area contributed by atoms with Crippen LogP contribution in [0.1, 0.15) is 19.4 Å². The number of ether oxygens (including phenoxy) is 1. The Balaban J connectivity index is -0.000000256. The summed E-state index contributed by atoms with van der Waals surface area (Å²) in [5.41, 5.74) is -0.234. The predicted octanol–water partition coefficient (Wildman–Crippen LogP) is 1.86. The van der Waals surface area contributed by atoms with Crippen molar-refractivity contribution in [3.8, 4) is 0 Å². The topological polar surface area (TPSA) is 106 Å². The fourth-order valence-electron chi connectivity index (χ4n) is 1.39. The van der Waals surface area contributed by atoms with E-state index in [-0.39, 0.29) is 23.2 Å². The smallest absolute Gasteiger partial charge is 0 e. The van der Waals surface area contributed by atoms with Crippen LogP contribution >= 0.6 is 0 Å². The number of rotatable bonds is 7. The van der Waals surface area contributed by atoms with Crippen LogP contribution in [0, 0.1) is 39.2 Å². The molecule has 0 saturated heterocycles. The fourth-order valence-corrected chi connectivity index (χ4v) is 1.39. The van der Waals surface area contributed by atoms with E-state index >= 15 is 0 Å². The Morgan fingerprint density at radius 3 is 2.04 bits per heavy atom. The summed E-state index contributed by atoms with van der Waals surface area (Å²) in [4.78, 5) is 9.96. The van der Waals surface area contributed by atoms with Gasteiger partial charge in [0.15, 0.2) is 0 Å². The standard InChI is InChI=1S/C14H16O3.3CO.Fe/c1-12(17-11-15)7-6-10-14(2,16)13-8-4-3-5-9-13;3*1-2;/h3-10,12,16H,1-2H3;;;;/q-1;;;;/t12-,14-;;;;/m1..../s1. The summed E-state index contributed by atoms with van der Waals surface area (Å²) in [5, 5.41) is 10.2. The molecule has 0 spiro atoms. The van der Waals surface area contributed by atoms with Crippen LogP contribution in [0.5, 0.6) is 0 Å². The van der Waals surface area contributed by atoms with Crippen LogP contribution in [0.15, 0.2) is 30.3 Å². The first kappa shape index (κ1) is 30.3. The molecular weight excluding hydrogens is 356 g/mol. The molecule has 129 valence electrons. The molecular formula is C17H16FeO6-. The van der Waals surface area contributed by atoms with Gasteiger partial charge in [-0.1, -0.05) is 36.8 Å². The minimum atomic E-state index is -1.04. The second-order valence-electron chi connectivity index (χ2n) is 3.97. The fraction of sp³-hybridized carbons (Fsp3) is 0.235. The molecule has 0 amide bonds. The Morgan fingerprint density at radius 2 is 1.62 bits per heavy atom. The minimum absolute atomic E-state index is 0. The van der Waals surface area contributed by atoms with Crippen molar-refractivity contribution in [2.45, 2.75) is 25.6 Å². The predicted molar refractivity (Wildman–Crippen MR) is 76.9 cm³/mol. The number of carbonyl (C=O) groups excluding carboxylic acids is 1. The molecule has 0 unspecified atom stereocenters. The molecule has 0 aliphatic rings. The molecule has 0 heterocycles. The molecule has 7 heteroatoms. The SMILES string of the molecule is C[C@H]([CH][CH][CH][C@@](C)(O)c1ccccc1)O[C-]=O.[C-]#[O+].[C-]#[O+].[C-]#[O+].[Fe]. The van der Waals surface area contributed by atoms with Crippen LogP contribution in [0.2, 0.25) is 0 Å². The number of hydrogen-bond donors (Lipinski definition) is 1. The Bertz CT molecular complexity index is 439. The van der Waals surface area contributed by atoms with Crippen LogP contribution in [0.25, 0.3) is 0 Å². The summed E-state index contributed by atoms with van der Waals surface area (Å²) in [5.74, 6) is 0. The number of aliphatic hydroxyl groups is 1. The maximum absolute atomic E-state index is 10.2. The van der Waals surface area contributed by atoms with E-state index in [1.54, 1.807) is 33.1 Å². The van der Waals surface area contributed by atoms with Gasteiger partial charge in [-0.3, -0.25) is 0 Å². The molecule has 0 aliphatic carbocycles. The van der Waals surface area contributed by atoms with E-state index in [9.17, 15) is 9.90 Å². The van der Waals surface area contributed by atoms with Crippen molar-refractivity contribution in [1.82, 2.24) is 0 Å². The van der Waals surface area contributed by atoms with E-state index < -0.39 is 5.60 Å². The van der Waals surface area contributed by atoms with Gasteiger partial charge >= 0.3 is 33.9 Å². The van der Waals surface area contributed by atoms with Gasteiger partial charge in [0.1, 0.15) is 0 Å². The summed E-state index contributed by atoms with van der Waals surface area (Å²) in [6.45, 7) is 18.3. The Kier molecular flexibility index (Phi) is 27.0. The maximum atomic E-state index is 10.2. The monoisotopic (exact) mass is 372 g/mol. The second-order valence-corrected chi connectivity index (χ2v) is 3.97. The summed E-state index contributed by atoms with van der Waals surface area (Å²) in [6.07, 6.45) is 4.64. The third-order valence-electron chi connectivity index (χ3n) is 2.40. The first-order chi connectivity index (χ1) is 11.1. The molecule has 1 aromatic rings. The Hall–Kier alpha value is -1.61. The molecule has 2 atom stereocenters. The summed E-state index contributed by atoms with van der Waals surface area (Å²) in [7, 11) is 0. The van der Waals surface area contributed by atoms with Crippen LogP contribution < -0.4 is 0 Å². The van der Waals surface area contributed by atoms with Crippen molar-refractivity contribution < 1.29 is 45.7 Å². The zero-order chi connectivity index (χ0) is 18.7. The zero-order valence-electron chi connectivity index (χ0n) is 13.0. The van der Waals surface area contributed by atoms with Crippen molar-refractivity contribution in [3.63, 3.8) is 0 Å². The molecule has 24 heavy (non-hydrogen) atoms. The normalized spacial score (nSPS) is 11.5. The molecule has 6 nitrogen and oxygen atoms in total. The third kappa shape index (κ3) is 15.3. The van der Waals surface area contributed by atoms with E-state index in [1.165, 1.54) is 6.47 Å². The molecule has 1 aromatic carbocycles. The summed E-state index contributed by atoms with van der Waals surface area (Å²) >= 11 is 0. The van der Waals surface area contributed by atoms with Crippen LogP contribution in [0.4, 0.5) is 0 Å². The van der Waals surface area contributed by atoms with Crippen LogP contribution in [0.3, 0.4) is 0 Å². The molecule has 1 rings (SSSR count). The molecule has 0 saturated carbocycles. The van der Waals surface area contributed by atoms with Gasteiger partial charge in [0, 0.05) is 29.9 Å². The van der Waals surface area contributed by atoms with Gasteiger partial charge in [0.25, 0.3) is 0 Å². The first-order valence-electron chi connectivity index (χ1n) is 6.01. The third-order valence-corrected chi connectivity index (χ3v) is 2.40. The summed E-state index contributed by atoms with van der Waals surface area (Å²) in [6, 6.07) is 9.33. The Morgan fingerprint density at radius 1 is 1.17 bits per heavy atom. The van der Waals surface area contributed by atoms with E-state index in [1.807, 2.05) is 30.3 Å². The molecule has 0 bridgehead atoms. The van der Waals surface area contributed by atoms with Crippen molar-refractivity contribution >= 4 is 6.47 Å². The first-order valence-corrected chi connectivity index (χ1v) is 6.01. The molecule has 3 radical (unpaired) electrons. The van der Waals surface area contributed by atoms with Crippen LogP contribution in [-0.4, -0.2) is 17.7 Å². The largest absolute Gasteiger partial charge is 0 e. The minimum Gasteiger partial charge on any atom is 0 e. The maximum Gasteiger partial charge on any atom is 0 e.